The molecule has 0 radical (unpaired) electrons. The summed E-state index contributed by atoms with van der Waals surface area (Å²) >= 11 is 0. The van der Waals surface area contributed by atoms with Crippen LogP contribution in [0.4, 0.5) is 0 Å². The number of para-hydroxylation sites is 1. The van der Waals surface area contributed by atoms with Gasteiger partial charge >= 0.3 is 5.97 Å². The van der Waals surface area contributed by atoms with E-state index in [0.29, 0.717) is 44.6 Å². The lowest BCUT2D eigenvalue weighted by Gasteiger charge is -2.31. The Balaban J connectivity index is 1.59. The van der Waals surface area contributed by atoms with E-state index in [-0.39, 0.29) is 30.8 Å². The quantitative estimate of drug-likeness (QED) is 0.610. The number of hydrogen-bond donors (Lipinski definition) is 2. The van der Waals surface area contributed by atoms with Crippen LogP contribution in [0, 0.1) is 5.92 Å². The molecule has 1 aliphatic rings. The Labute approximate surface area is 159 Å². The fourth-order valence-corrected chi connectivity index (χ4v) is 3.08. The van der Waals surface area contributed by atoms with Crippen molar-refractivity contribution >= 4 is 17.8 Å². The molecule has 0 saturated carbocycles. The lowest BCUT2D eigenvalue weighted by atomic mass is 9.96. The minimum Gasteiger partial charge on any atom is -0.484 e. The topological polar surface area (TPSA) is 95.9 Å². The predicted molar refractivity (Wildman–Crippen MR) is 100 cm³/mol. The Morgan fingerprint density at radius 2 is 1.78 bits per heavy atom. The molecule has 27 heavy (non-hydrogen) atoms. The van der Waals surface area contributed by atoms with E-state index in [2.05, 4.69) is 5.32 Å². The number of carboxylic acid groups (broad SMARTS) is 1. The second-order valence-electron chi connectivity index (χ2n) is 6.75. The van der Waals surface area contributed by atoms with Gasteiger partial charge in [-0.2, -0.15) is 0 Å². The summed E-state index contributed by atoms with van der Waals surface area (Å²) in [5.41, 5.74) is 0. The average molecular weight is 376 g/mol. The Morgan fingerprint density at radius 1 is 1.07 bits per heavy atom. The molecule has 7 heteroatoms. The number of nitrogens with one attached hydrogen (secondary N) is 1. The Morgan fingerprint density at radius 3 is 2.44 bits per heavy atom. The number of unbranched alkanes of at least 4 members (excludes halogenated alkanes) is 2. The summed E-state index contributed by atoms with van der Waals surface area (Å²) in [5.74, 6) is -0.210. The lowest BCUT2D eigenvalue weighted by molar-refractivity contribution is -0.137. The van der Waals surface area contributed by atoms with Crippen molar-refractivity contribution in [1.29, 1.82) is 0 Å². The molecule has 1 aromatic rings. The summed E-state index contributed by atoms with van der Waals surface area (Å²) in [4.78, 5) is 36.6. The highest BCUT2D eigenvalue weighted by Crippen LogP contribution is 2.18. The van der Waals surface area contributed by atoms with Gasteiger partial charge in [0.25, 0.3) is 5.91 Å². The van der Waals surface area contributed by atoms with E-state index >= 15 is 0 Å². The first-order valence-corrected chi connectivity index (χ1v) is 9.51. The summed E-state index contributed by atoms with van der Waals surface area (Å²) in [5, 5.41) is 11.5. The van der Waals surface area contributed by atoms with Gasteiger partial charge in [-0.25, -0.2) is 0 Å². The highest BCUT2D eigenvalue weighted by molar-refractivity contribution is 5.80. The van der Waals surface area contributed by atoms with Crippen LogP contribution in [0.25, 0.3) is 0 Å². The SMILES string of the molecule is O=C(O)CCCCCNC(=O)C1CCN(C(=O)COc2ccccc2)CC1. The van der Waals surface area contributed by atoms with Crippen LogP contribution in [0.5, 0.6) is 5.75 Å². The number of rotatable bonds is 10. The number of aliphatic carboxylic acids is 1. The maximum absolute atomic E-state index is 12.2. The van der Waals surface area contributed by atoms with Crippen molar-refractivity contribution in [2.75, 3.05) is 26.2 Å². The fourth-order valence-electron chi connectivity index (χ4n) is 3.08. The standard InChI is InChI=1S/C20H28N2O5/c23-18(15-27-17-7-3-1-4-8-17)22-13-10-16(11-14-22)20(26)21-12-6-2-5-9-19(24)25/h1,3-4,7-8,16H,2,5-6,9-15H2,(H,21,26)(H,24,25). The number of carboxylic acids is 1. The van der Waals surface area contributed by atoms with Crippen LogP contribution >= 0.6 is 0 Å². The minimum absolute atomic E-state index is 0.0111. The van der Waals surface area contributed by atoms with E-state index < -0.39 is 5.97 Å². The Bertz CT molecular complexity index is 612. The van der Waals surface area contributed by atoms with Crippen molar-refractivity contribution in [2.45, 2.75) is 38.5 Å². The molecule has 148 valence electrons. The van der Waals surface area contributed by atoms with Crippen LogP contribution < -0.4 is 10.1 Å². The molecule has 1 aliphatic heterocycles. The largest absolute Gasteiger partial charge is 0.484 e. The van der Waals surface area contributed by atoms with E-state index in [0.717, 1.165) is 12.8 Å². The van der Waals surface area contributed by atoms with Gasteiger partial charge < -0.3 is 20.1 Å². The van der Waals surface area contributed by atoms with Gasteiger partial charge in [0.1, 0.15) is 5.75 Å². The van der Waals surface area contributed by atoms with Crippen molar-refractivity contribution in [1.82, 2.24) is 10.2 Å². The van der Waals surface area contributed by atoms with Gasteiger partial charge in [-0.05, 0) is 37.8 Å². The van der Waals surface area contributed by atoms with Gasteiger partial charge in [0.2, 0.25) is 5.91 Å². The van der Waals surface area contributed by atoms with Crippen LogP contribution in [-0.4, -0.2) is 54.0 Å². The zero-order valence-electron chi connectivity index (χ0n) is 15.6. The van der Waals surface area contributed by atoms with Crippen molar-refractivity contribution in [3.63, 3.8) is 0 Å². The maximum Gasteiger partial charge on any atom is 0.303 e. The molecule has 0 spiro atoms. The molecule has 1 heterocycles. The summed E-state index contributed by atoms with van der Waals surface area (Å²) in [6.07, 6.45) is 3.70. The van der Waals surface area contributed by atoms with Crippen molar-refractivity contribution in [3.05, 3.63) is 30.3 Å². The molecule has 1 fully saturated rings. The number of ether oxygens (including phenoxy) is 1. The first-order chi connectivity index (χ1) is 13.1. The number of hydrogen-bond acceptors (Lipinski definition) is 4. The summed E-state index contributed by atoms with van der Waals surface area (Å²) in [7, 11) is 0. The van der Waals surface area contributed by atoms with Gasteiger partial charge in [0.15, 0.2) is 6.61 Å². The second-order valence-corrected chi connectivity index (χ2v) is 6.75. The molecule has 0 bridgehead atoms. The van der Waals surface area contributed by atoms with Crippen LogP contribution in [0.3, 0.4) is 0 Å². The molecular formula is C20H28N2O5. The molecule has 2 amide bonds. The third-order valence-corrected chi connectivity index (χ3v) is 4.69. The summed E-state index contributed by atoms with van der Waals surface area (Å²) in [6, 6.07) is 9.23. The van der Waals surface area contributed by atoms with E-state index in [9.17, 15) is 14.4 Å². The smallest absolute Gasteiger partial charge is 0.303 e. The number of carbonyl (C=O) groups excluding carboxylic acids is 2. The zero-order chi connectivity index (χ0) is 19.5. The maximum atomic E-state index is 12.2. The van der Waals surface area contributed by atoms with Crippen molar-refractivity contribution < 1.29 is 24.2 Å². The molecule has 0 aromatic heterocycles. The second kappa shape index (κ2) is 11.2. The molecule has 0 aliphatic carbocycles. The minimum atomic E-state index is -0.783. The first-order valence-electron chi connectivity index (χ1n) is 9.51. The molecular weight excluding hydrogens is 348 g/mol. The highest BCUT2D eigenvalue weighted by Gasteiger charge is 2.27. The zero-order valence-corrected chi connectivity index (χ0v) is 15.6. The van der Waals surface area contributed by atoms with Gasteiger partial charge in [0.05, 0.1) is 0 Å². The lowest BCUT2D eigenvalue weighted by Crippen LogP contribution is -2.44. The number of benzene rings is 1. The molecule has 0 atom stereocenters. The van der Waals surface area contributed by atoms with Crippen molar-refractivity contribution in [3.8, 4) is 5.75 Å². The predicted octanol–water partition coefficient (Wildman–Crippen LogP) is 2.07. The summed E-state index contributed by atoms with van der Waals surface area (Å²) < 4.78 is 5.49. The van der Waals surface area contributed by atoms with E-state index in [1.165, 1.54) is 0 Å². The number of amides is 2. The van der Waals surface area contributed by atoms with E-state index in [4.69, 9.17) is 9.84 Å². The van der Waals surface area contributed by atoms with E-state index in [1.807, 2.05) is 30.3 Å². The normalized spacial score (nSPS) is 14.6. The third kappa shape index (κ3) is 7.68. The van der Waals surface area contributed by atoms with Crippen LogP contribution in [0.1, 0.15) is 38.5 Å². The number of piperidine rings is 1. The number of nitrogens with zero attached hydrogens (tertiary/aromatic N) is 1. The molecule has 1 aromatic carbocycles. The molecule has 0 unspecified atom stereocenters. The highest BCUT2D eigenvalue weighted by atomic mass is 16.5. The van der Waals surface area contributed by atoms with Crippen molar-refractivity contribution in [2.24, 2.45) is 5.92 Å². The summed E-state index contributed by atoms with van der Waals surface area (Å²) in [6.45, 7) is 1.71. The molecule has 2 rings (SSSR count). The van der Waals surface area contributed by atoms with E-state index in [1.54, 1.807) is 4.90 Å². The molecule has 7 nitrogen and oxygen atoms in total. The van der Waals surface area contributed by atoms with Crippen LogP contribution in [0.15, 0.2) is 30.3 Å². The van der Waals surface area contributed by atoms with Crippen LogP contribution in [0.2, 0.25) is 0 Å². The molecule has 1 saturated heterocycles. The van der Waals surface area contributed by atoms with Gasteiger partial charge in [0, 0.05) is 32.0 Å². The Hall–Kier alpha value is -2.57. The fraction of sp³-hybridized carbons (Fsp3) is 0.550. The number of carbonyl (C=O) groups is 3. The van der Waals surface area contributed by atoms with Gasteiger partial charge in [-0.15, -0.1) is 0 Å². The average Bonchev–Trinajstić information content (AvgIpc) is 2.69. The monoisotopic (exact) mass is 376 g/mol. The number of likely N-dealkylation sites (tertiary alicyclic amines) is 1. The van der Waals surface area contributed by atoms with Gasteiger partial charge in [-0.3, -0.25) is 14.4 Å². The first kappa shape index (κ1) is 20.7. The third-order valence-electron chi connectivity index (χ3n) is 4.69. The van der Waals surface area contributed by atoms with Crippen LogP contribution in [-0.2, 0) is 14.4 Å². The Kier molecular flexibility index (Phi) is 8.61. The molecule has 2 N–H and O–H groups in total. The van der Waals surface area contributed by atoms with Gasteiger partial charge in [-0.1, -0.05) is 24.6 Å².